The summed E-state index contributed by atoms with van der Waals surface area (Å²) < 4.78 is 5.54. The SMILES string of the molecule is O=C(OC(C(=O)c1ccccc1)c1ccc(Cl)cc1)c1ccc(Cl)cc1. The van der Waals surface area contributed by atoms with Gasteiger partial charge in [0, 0.05) is 21.2 Å². The highest BCUT2D eigenvalue weighted by Gasteiger charge is 2.26. The first-order valence-electron chi connectivity index (χ1n) is 7.86. The van der Waals surface area contributed by atoms with Crippen LogP contribution in [0, 0.1) is 0 Å². The Labute approximate surface area is 161 Å². The highest BCUT2D eigenvalue weighted by atomic mass is 35.5. The number of esters is 1. The van der Waals surface area contributed by atoms with Crippen LogP contribution in [-0.4, -0.2) is 11.8 Å². The van der Waals surface area contributed by atoms with Gasteiger partial charge >= 0.3 is 5.97 Å². The van der Waals surface area contributed by atoms with Crippen molar-refractivity contribution in [1.82, 2.24) is 0 Å². The summed E-state index contributed by atoms with van der Waals surface area (Å²) >= 11 is 11.8. The molecule has 0 aromatic heterocycles. The first-order chi connectivity index (χ1) is 12.5. The number of hydrogen-bond acceptors (Lipinski definition) is 3. The summed E-state index contributed by atoms with van der Waals surface area (Å²) in [7, 11) is 0. The fraction of sp³-hybridized carbons (Fsp3) is 0.0476. The molecule has 0 heterocycles. The fourth-order valence-electron chi connectivity index (χ4n) is 2.43. The standard InChI is InChI=1S/C21H14Cl2O3/c22-17-10-6-15(7-11-17)20(19(24)14-4-2-1-3-5-14)26-21(25)16-8-12-18(23)13-9-16/h1-13,20H. The Morgan fingerprint density at radius 1 is 0.692 bits per heavy atom. The molecule has 0 spiro atoms. The largest absolute Gasteiger partial charge is 0.445 e. The van der Waals surface area contributed by atoms with E-state index in [-0.39, 0.29) is 5.78 Å². The van der Waals surface area contributed by atoms with Gasteiger partial charge in [0.25, 0.3) is 0 Å². The second kappa shape index (κ2) is 8.17. The molecule has 0 bridgehead atoms. The minimum atomic E-state index is -1.07. The fourth-order valence-corrected chi connectivity index (χ4v) is 2.68. The Hall–Kier alpha value is -2.62. The lowest BCUT2D eigenvalue weighted by molar-refractivity contribution is 0.0280. The molecule has 26 heavy (non-hydrogen) atoms. The van der Waals surface area contributed by atoms with Crippen LogP contribution in [0.1, 0.15) is 32.4 Å². The van der Waals surface area contributed by atoms with Gasteiger partial charge in [0.15, 0.2) is 6.10 Å². The molecule has 0 saturated heterocycles. The maximum Gasteiger partial charge on any atom is 0.339 e. The van der Waals surface area contributed by atoms with Crippen molar-refractivity contribution < 1.29 is 14.3 Å². The molecular weight excluding hydrogens is 371 g/mol. The van der Waals surface area contributed by atoms with Crippen LogP contribution in [0.5, 0.6) is 0 Å². The van der Waals surface area contributed by atoms with E-state index in [9.17, 15) is 9.59 Å². The molecule has 1 atom stereocenters. The van der Waals surface area contributed by atoms with Gasteiger partial charge in [-0.2, -0.15) is 0 Å². The van der Waals surface area contributed by atoms with Crippen LogP contribution in [-0.2, 0) is 4.74 Å². The maximum absolute atomic E-state index is 12.9. The van der Waals surface area contributed by atoms with E-state index in [1.165, 1.54) is 0 Å². The van der Waals surface area contributed by atoms with Gasteiger partial charge in [-0.1, -0.05) is 65.7 Å². The second-order valence-electron chi connectivity index (χ2n) is 5.57. The average molecular weight is 385 g/mol. The highest BCUT2D eigenvalue weighted by Crippen LogP contribution is 2.25. The van der Waals surface area contributed by atoms with Crippen LogP contribution < -0.4 is 0 Å². The number of ketones is 1. The van der Waals surface area contributed by atoms with Gasteiger partial charge in [-0.25, -0.2) is 4.79 Å². The molecule has 0 aliphatic rings. The molecule has 3 aromatic rings. The van der Waals surface area contributed by atoms with Gasteiger partial charge in [-0.05, 0) is 36.4 Å². The van der Waals surface area contributed by atoms with Crippen LogP contribution in [0.15, 0.2) is 78.9 Å². The van der Waals surface area contributed by atoms with Crippen LogP contribution in [0.2, 0.25) is 10.0 Å². The normalized spacial score (nSPS) is 11.6. The minimum absolute atomic E-state index is 0.310. The van der Waals surface area contributed by atoms with Crippen molar-refractivity contribution in [2.24, 2.45) is 0 Å². The summed E-state index contributed by atoms with van der Waals surface area (Å²) in [5.74, 6) is -0.916. The number of hydrogen-bond donors (Lipinski definition) is 0. The number of carbonyl (C=O) groups excluding carboxylic acids is 2. The summed E-state index contributed by atoms with van der Waals surface area (Å²) in [4.78, 5) is 25.4. The number of rotatable bonds is 5. The van der Waals surface area contributed by atoms with E-state index in [1.54, 1.807) is 72.8 Å². The van der Waals surface area contributed by atoms with E-state index in [1.807, 2.05) is 6.07 Å². The van der Waals surface area contributed by atoms with E-state index >= 15 is 0 Å². The molecule has 3 rings (SSSR count). The molecule has 0 aliphatic heterocycles. The third kappa shape index (κ3) is 4.31. The molecule has 5 heteroatoms. The summed E-state index contributed by atoms with van der Waals surface area (Å²) in [5, 5.41) is 1.04. The smallest absolute Gasteiger partial charge is 0.339 e. The summed E-state index contributed by atoms with van der Waals surface area (Å²) in [6.45, 7) is 0. The van der Waals surface area contributed by atoms with Crippen molar-refractivity contribution in [2.75, 3.05) is 0 Å². The molecule has 0 amide bonds. The van der Waals surface area contributed by atoms with E-state index in [4.69, 9.17) is 27.9 Å². The number of halogens is 2. The first-order valence-corrected chi connectivity index (χ1v) is 8.61. The average Bonchev–Trinajstić information content (AvgIpc) is 2.67. The Morgan fingerprint density at radius 3 is 1.81 bits per heavy atom. The number of ether oxygens (including phenoxy) is 1. The van der Waals surface area contributed by atoms with Gasteiger partial charge in [-0.3, -0.25) is 4.79 Å². The van der Waals surface area contributed by atoms with Crippen molar-refractivity contribution in [3.8, 4) is 0 Å². The van der Waals surface area contributed by atoms with Crippen LogP contribution >= 0.6 is 23.2 Å². The number of benzene rings is 3. The van der Waals surface area contributed by atoms with Crippen molar-refractivity contribution in [2.45, 2.75) is 6.10 Å². The van der Waals surface area contributed by atoms with E-state index in [2.05, 4.69) is 0 Å². The predicted octanol–water partition coefficient (Wildman–Crippen LogP) is 5.77. The zero-order chi connectivity index (χ0) is 18.5. The molecule has 3 aromatic carbocycles. The zero-order valence-corrected chi connectivity index (χ0v) is 15.1. The lowest BCUT2D eigenvalue weighted by atomic mass is 9.99. The van der Waals surface area contributed by atoms with Crippen LogP contribution in [0.3, 0.4) is 0 Å². The molecule has 130 valence electrons. The molecule has 0 radical (unpaired) electrons. The van der Waals surface area contributed by atoms with E-state index < -0.39 is 12.1 Å². The molecule has 3 nitrogen and oxygen atoms in total. The minimum Gasteiger partial charge on any atom is -0.445 e. The Kier molecular flexibility index (Phi) is 5.71. The van der Waals surface area contributed by atoms with Crippen LogP contribution in [0.25, 0.3) is 0 Å². The molecule has 0 saturated carbocycles. The van der Waals surface area contributed by atoms with E-state index in [0.29, 0.717) is 26.7 Å². The topological polar surface area (TPSA) is 43.4 Å². The quantitative estimate of drug-likeness (QED) is 0.413. The Balaban J connectivity index is 1.92. The Morgan fingerprint density at radius 2 is 1.23 bits per heavy atom. The maximum atomic E-state index is 12.9. The van der Waals surface area contributed by atoms with Gasteiger partial charge in [-0.15, -0.1) is 0 Å². The number of carbonyl (C=O) groups is 2. The molecular formula is C21H14Cl2O3. The highest BCUT2D eigenvalue weighted by molar-refractivity contribution is 6.30. The molecule has 1 unspecified atom stereocenters. The van der Waals surface area contributed by atoms with Gasteiger partial charge < -0.3 is 4.74 Å². The zero-order valence-electron chi connectivity index (χ0n) is 13.6. The summed E-state index contributed by atoms with van der Waals surface area (Å²) in [6.07, 6.45) is -1.07. The number of Topliss-reactive ketones (excluding diaryl/α,β-unsaturated/α-hetero) is 1. The third-order valence-corrected chi connectivity index (χ3v) is 4.28. The van der Waals surface area contributed by atoms with Crippen molar-refractivity contribution in [3.63, 3.8) is 0 Å². The predicted molar refractivity (Wildman–Crippen MR) is 102 cm³/mol. The van der Waals surface area contributed by atoms with Crippen molar-refractivity contribution in [3.05, 3.63) is 106 Å². The van der Waals surface area contributed by atoms with Gasteiger partial charge in [0.1, 0.15) is 0 Å². The summed E-state index contributed by atoms with van der Waals surface area (Å²) in [5.41, 5.74) is 1.32. The summed E-state index contributed by atoms with van der Waals surface area (Å²) in [6, 6.07) is 21.6. The van der Waals surface area contributed by atoms with Gasteiger partial charge in [0.05, 0.1) is 5.56 Å². The molecule has 0 fully saturated rings. The van der Waals surface area contributed by atoms with Crippen LogP contribution in [0.4, 0.5) is 0 Å². The van der Waals surface area contributed by atoms with Gasteiger partial charge in [0.2, 0.25) is 5.78 Å². The third-order valence-electron chi connectivity index (χ3n) is 3.77. The lowest BCUT2D eigenvalue weighted by Gasteiger charge is -2.17. The molecule has 0 N–H and O–H groups in total. The van der Waals surface area contributed by atoms with Crippen molar-refractivity contribution in [1.29, 1.82) is 0 Å². The Bertz CT molecular complexity index is 904. The van der Waals surface area contributed by atoms with Crippen molar-refractivity contribution >= 4 is 35.0 Å². The lowest BCUT2D eigenvalue weighted by Crippen LogP contribution is -2.20. The molecule has 0 aliphatic carbocycles. The van der Waals surface area contributed by atoms with E-state index in [0.717, 1.165) is 0 Å². The first kappa shape index (κ1) is 18.2. The second-order valence-corrected chi connectivity index (χ2v) is 6.45. The monoisotopic (exact) mass is 384 g/mol.